The molecule has 2 nitrogen and oxygen atoms in total. The number of benzene rings is 1. The van der Waals surface area contributed by atoms with E-state index in [9.17, 15) is 4.79 Å². The van der Waals surface area contributed by atoms with Crippen molar-refractivity contribution in [1.29, 1.82) is 0 Å². The van der Waals surface area contributed by atoms with E-state index in [4.69, 9.17) is 4.42 Å². The lowest BCUT2D eigenvalue weighted by Gasteiger charge is -2.20. The van der Waals surface area contributed by atoms with Crippen LogP contribution >= 0.6 is 0 Å². The minimum absolute atomic E-state index is 0.0510. The van der Waals surface area contributed by atoms with Crippen molar-refractivity contribution >= 4 is 11.0 Å². The molecular weight excluding hydrogens is 260 g/mol. The van der Waals surface area contributed by atoms with Crippen molar-refractivity contribution in [2.24, 2.45) is 0 Å². The fourth-order valence-corrected chi connectivity index (χ4v) is 2.11. The van der Waals surface area contributed by atoms with Crippen molar-refractivity contribution in [3.63, 3.8) is 0 Å². The van der Waals surface area contributed by atoms with Gasteiger partial charge in [0.25, 0.3) is 0 Å². The first-order valence-electron chi connectivity index (χ1n) is 7.67. The maximum atomic E-state index is 12.5. The van der Waals surface area contributed by atoms with Crippen LogP contribution in [0.1, 0.15) is 66.5 Å². The Morgan fingerprint density at radius 2 is 1.48 bits per heavy atom. The van der Waals surface area contributed by atoms with E-state index in [1.54, 1.807) is 6.26 Å². The van der Waals surface area contributed by atoms with Crippen LogP contribution in [0.15, 0.2) is 33.7 Å². The molecule has 2 aromatic rings. The summed E-state index contributed by atoms with van der Waals surface area (Å²) in [5.41, 5.74) is 2.50. The van der Waals surface area contributed by atoms with Gasteiger partial charge in [-0.05, 0) is 28.5 Å². The standard InChI is InChI=1S/C17H22O2.C2H6/c1-16(2,3)11-7-8-12-14(9-11)19-10-13(15(12)18)17(4,5)6;1-2/h7-10H,1-6H3;1-2H3. The molecule has 0 saturated carbocycles. The summed E-state index contributed by atoms with van der Waals surface area (Å²) >= 11 is 0. The van der Waals surface area contributed by atoms with Crippen LogP contribution in [0.3, 0.4) is 0 Å². The first-order valence-corrected chi connectivity index (χ1v) is 7.67. The van der Waals surface area contributed by atoms with Crippen LogP contribution in [0.5, 0.6) is 0 Å². The fraction of sp³-hybridized carbons (Fsp3) is 0.526. The van der Waals surface area contributed by atoms with Crippen molar-refractivity contribution in [2.45, 2.75) is 66.2 Å². The molecule has 0 bridgehead atoms. The van der Waals surface area contributed by atoms with E-state index in [1.165, 1.54) is 5.56 Å². The Morgan fingerprint density at radius 1 is 0.905 bits per heavy atom. The van der Waals surface area contributed by atoms with Crippen molar-refractivity contribution in [3.05, 3.63) is 45.8 Å². The molecule has 0 aliphatic rings. The van der Waals surface area contributed by atoms with Crippen LogP contribution in [0.25, 0.3) is 11.0 Å². The average molecular weight is 288 g/mol. The number of hydrogen-bond acceptors (Lipinski definition) is 2. The monoisotopic (exact) mass is 288 g/mol. The van der Waals surface area contributed by atoms with E-state index in [-0.39, 0.29) is 16.3 Å². The molecule has 0 aliphatic heterocycles. The van der Waals surface area contributed by atoms with E-state index >= 15 is 0 Å². The van der Waals surface area contributed by atoms with Gasteiger partial charge in [0.15, 0.2) is 5.43 Å². The Kier molecular flexibility index (Phi) is 5.03. The van der Waals surface area contributed by atoms with Crippen LogP contribution in [0, 0.1) is 0 Å². The van der Waals surface area contributed by atoms with Gasteiger partial charge < -0.3 is 4.42 Å². The molecular formula is C19H28O2. The first kappa shape index (κ1) is 17.5. The molecule has 0 aliphatic carbocycles. The third kappa shape index (κ3) is 3.75. The smallest absolute Gasteiger partial charge is 0.196 e. The van der Waals surface area contributed by atoms with Crippen molar-refractivity contribution in [1.82, 2.24) is 0 Å². The van der Waals surface area contributed by atoms with Gasteiger partial charge in [0.2, 0.25) is 0 Å². The van der Waals surface area contributed by atoms with E-state index < -0.39 is 0 Å². The maximum absolute atomic E-state index is 12.5. The van der Waals surface area contributed by atoms with Crippen LogP contribution in [-0.4, -0.2) is 0 Å². The van der Waals surface area contributed by atoms with Gasteiger partial charge in [0, 0.05) is 5.56 Å². The van der Waals surface area contributed by atoms with E-state index in [0.29, 0.717) is 11.0 Å². The Hall–Kier alpha value is -1.57. The highest BCUT2D eigenvalue weighted by atomic mass is 16.3. The van der Waals surface area contributed by atoms with Gasteiger partial charge in [0.1, 0.15) is 5.58 Å². The summed E-state index contributed by atoms with van der Waals surface area (Å²) in [5.74, 6) is 0. The van der Waals surface area contributed by atoms with Gasteiger partial charge in [0.05, 0.1) is 11.6 Å². The molecule has 2 rings (SSSR count). The Balaban J connectivity index is 0.00000106. The lowest BCUT2D eigenvalue weighted by atomic mass is 9.85. The molecule has 0 unspecified atom stereocenters. The van der Waals surface area contributed by atoms with Gasteiger partial charge >= 0.3 is 0 Å². The Bertz CT molecular complexity index is 664. The molecule has 0 spiro atoms. The molecule has 116 valence electrons. The summed E-state index contributed by atoms with van der Waals surface area (Å²) in [5, 5.41) is 0.667. The fourth-order valence-electron chi connectivity index (χ4n) is 2.11. The summed E-state index contributed by atoms with van der Waals surface area (Å²) in [6.45, 7) is 16.5. The zero-order valence-corrected chi connectivity index (χ0v) is 14.6. The minimum atomic E-state index is -0.197. The molecule has 1 aromatic carbocycles. The summed E-state index contributed by atoms with van der Waals surface area (Å²) in [6.07, 6.45) is 1.61. The number of fused-ring (bicyclic) bond motifs is 1. The third-order valence-corrected chi connectivity index (χ3v) is 3.45. The number of rotatable bonds is 0. The molecule has 1 aromatic heterocycles. The molecule has 1 heterocycles. The summed E-state index contributed by atoms with van der Waals surface area (Å²) in [4.78, 5) is 12.5. The molecule has 0 amide bonds. The Labute approximate surface area is 128 Å². The molecule has 0 saturated heterocycles. The zero-order chi connectivity index (χ0) is 16.4. The van der Waals surface area contributed by atoms with Crippen molar-refractivity contribution in [2.75, 3.05) is 0 Å². The van der Waals surface area contributed by atoms with Gasteiger partial charge in [-0.3, -0.25) is 4.79 Å². The summed E-state index contributed by atoms with van der Waals surface area (Å²) < 4.78 is 5.69. The molecule has 0 radical (unpaired) electrons. The first-order chi connectivity index (χ1) is 9.60. The predicted molar refractivity (Wildman–Crippen MR) is 91.2 cm³/mol. The lowest BCUT2D eigenvalue weighted by Crippen LogP contribution is -2.22. The molecule has 0 atom stereocenters. The summed E-state index contributed by atoms with van der Waals surface area (Å²) in [7, 11) is 0. The second-order valence-corrected chi connectivity index (χ2v) is 7.19. The van der Waals surface area contributed by atoms with Crippen LogP contribution in [0.2, 0.25) is 0 Å². The third-order valence-electron chi connectivity index (χ3n) is 3.45. The second kappa shape index (κ2) is 6.05. The molecule has 2 heteroatoms. The lowest BCUT2D eigenvalue weighted by molar-refractivity contribution is 0.528. The molecule has 21 heavy (non-hydrogen) atoms. The summed E-state index contributed by atoms with van der Waals surface area (Å²) in [6, 6.07) is 5.88. The minimum Gasteiger partial charge on any atom is -0.464 e. The van der Waals surface area contributed by atoms with Crippen LogP contribution in [0.4, 0.5) is 0 Å². The number of hydrogen-bond donors (Lipinski definition) is 0. The van der Waals surface area contributed by atoms with Gasteiger partial charge in [-0.2, -0.15) is 0 Å². The average Bonchev–Trinajstić information content (AvgIpc) is 2.38. The van der Waals surface area contributed by atoms with E-state index in [1.807, 2.05) is 52.8 Å². The second-order valence-electron chi connectivity index (χ2n) is 7.19. The van der Waals surface area contributed by atoms with Crippen molar-refractivity contribution < 1.29 is 4.42 Å². The van der Waals surface area contributed by atoms with Gasteiger partial charge in [-0.1, -0.05) is 61.5 Å². The highest BCUT2D eigenvalue weighted by Crippen LogP contribution is 2.27. The highest BCUT2D eigenvalue weighted by Gasteiger charge is 2.21. The molecule has 0 N–H and O–H groups in total. The normalized spacial score (nSPS) is 12.0. The highest BCUT2D eigenvalue weighted by molar-refractivity contribution is 5.78. The van der Waals surface area contributed by atoms with E-state index in [2.05, 4.69) is 20.8 Å². The topological polar surface area (TPSA) is 30.2 Å². The van der Waals surface area contributed by atoms with Crippen LogP contribution < -0.4 is 5.43 Å². The van der Waals surface area contributed by atoms with E-state index in [0.717, 1.165) is 5.56 Å². The molecule has 0 fully saturated rings. The SMILES string of the molecule is CC.CC(C)(C)c1ccc2c(=O)c(C(C)(C)C)coc2c1. The van der Waals surface area contributed by atoms with Gasteiger partial charge in [-0.25, -0.2) is 0 Å². The quantitative estimate of drug-likeness (QED) is 0.648. The Morgan fingerprint density at radius 3 is 1.95 bits per heavy atom. The largest absolute Gasteiger partial charge is 0.464 e. The van der Waals surface area contributed by atoms with Crippen molar-refractivity contribution in [3.8, 4) is 0 Å². The van der Waals surface area contributed by atoms with Gasteiger partial charge in [-0.15, -0.1) is 0 Å². The zero-order valence-electron chi connectivity index (χ0n) is 14.6. The maximum Gasteiger partial charge on any atom is 0.196 e. The van der Waals surface area contributed by atoms with Crippen LogP contribution in [-0.2, 0) is 10.8 Å². The predicted octanol–water partition coefficient (Wildman–Crippen LogP) is 5.41.